The zero-order chi connectivity index (χ0) is 12.7. The third-order valence-corrected chi connectivity index (χ3v) is 3.77. The van der Waals surface area contributed by atoms with E-state index in [-0.39, 0.29) is 23.8 Å². The number of hydrogen-bond acceptors (Lipinski definition) is 4. The average molecular weight is 259 g/mol. The Morgan fingerprint density at radius 3 is 2.47 bits per heavy atom. The minimum atomic E-state index is -0.114. The van der Waals surface area contributed by atoms with Gasteiger partial charge in [-0.1, -0.05) is 0 Å². The second-order valence-electron chi connectivity index (χ2n) is 4.38. The van der Waals surface area contributed by atoms with Crippen molar-refractivity contribution in [3.05, 3.63) is 0 Å². The molecule has 5 heteroatoms. The van der Waals surface area contributed by atoms with Crippen molar-refractivity contribution in [3.63, 3.8) is 0 Å². The van der Waals surface area contributed by atoms with Crippen LogP contribution >= 0.6 is 11.8 Å². The third-order valence-electron chi connectivity index (χ3n) is 3.16. The van der Waals surface area contributed by atoms with E-state index < -0.39 is 0 Å². The molecule has 0 atom stereocenters. The molecule has 0 bridgehead atoms. The summed E-state index contributed by atoms with van der Waals surface area (Å²) in [6.07, 6.45) is 5.97. The molecule has 1 aliphatic carbocycles. The highest BCUT2D eigenvalue weighted by molar-refractivity contribution is 7.98. The van der Waals surface area contributed by atoms with Crippen molar-refractivity contribution in [2.24, 2.45) is 5.92 Å². The van der Waals surface area contributed by atoms with Gasteiger partial charge in [0, 0.05) is 18.2 Å². The molecule has 0 aromatic carbocycles. The van der Waals surface area contributed by atoms with Gasteiger partial charge >= 0.3 is 5.97 Å². The number of amides is 1. The summed E-state index contributed by atoms with van der Waals surface area (Å²) in [6, 6.07) is 0.241. The molecule has 4 nitrogen and oxygen atoms in total. The van der Waals surface area contributed by atoms with Gasteiger partial charge in [-0.05, 0) is 31.9 Å². The van der Waals surface area contributed by atoms with E-state index in [9.17, 15) is 9.59 Å². The van der Waals surface area contributed by atoms with Gasteiger partial charge < -0.3 is 10.1 Å². The molecular weight excluding hydrogens is 238 g/mol. The lowest BCUT2D eigenvalue weighted by Crippen LogP contribution is -2.39. The van der Waals surface area contributed by atoms with Gasteiger partial charge in [-0.2, -0.15) is 11.8 Å². The molecule has 0 spiro atoms. The lowest BCUT2D eigenvalue weighted by molar-refractivity contribution is -0.146. The van der Waals surface area contributed by atoms with E-state index in [1.54, 1.807) is 11.8 Å². The van der Waals surface area contributed by atoms with Crippen LogP contribution in [0.25, 0.3) is 0 Å². The molecule has 1 N–H and O–H groups in total. The molecule has 1 amide bonds. The highest BCUT2D eigenvalue weighted by atomic mass is 32.2. The summed E-state index contributed by atoms with van der Waals surface area (Å²) < 4.78 is 4.73. The standard InChI is InChI=1S/C12H21NO3S/c1-16-12(15)9-3-5-10(6-4-9)13-11(14)7-8-17-2/h9-10H,3-8H2,1-2H3,(H,13,14). The van der Waals surface area contributed by atoms with Crippen LogP contribution in [0, 0.1) is 5.92 Å². The quantitative estimate of drug-likeness (QED) is 0.762. The molecule has 0 radical (unpaired) electrons. The van der Waals surface area contributed by atoms with E-state index >= 15 is 0 Å². The largest absolute Gasteiger partial charge is 0.469 e. The number of esters is 1. The van der Waals surface area contributed by atoms with Gasteiger partial charge in [-0.25, -0.2) is 0 Å². The van der Waals surface area contributed by atoms with E-state index in [0.717, 1.165) is 31.4 Å². The summed E-state index contributed by atoms with van der Waals surface area (Å²) in [5, 5.41) is 3.03. The van der Waals surface area contributed by atoms with Crippen molar-refractivity contribution in [3.8, 4) is 0 Å². The maximum absolute atomic E-state index is 11.5. The molecule has 0 aliphatic heterocycles. The van der Waals surface area contributed by atoms with Gasteiger partial charge in [0.05, 0.1) is 13.0 Å². The number of rotatable bonds is 5. The topological polar surface area (TPSA) is 55.4 Å². The first kappa shape index (κ1) is 14.4. The molecule has 0 heterocycles. The molecular formula is C12H21NO3S. The maximum atomic E-state index is 11.5. The molecule has 0 aromatic heterocycles. The Labute approximate surface area is 107 Å². The molecule has 1 aliphatic rings. The normalized spacial score (nSPS) is 24.1. The van der Waals surface area contributed by atoms with Crippen LogP contribution in [-0.4, -0.2) is 37.0 Å². The summed E-state index contributed by atoms with van der Waals surface area (Å²) in [5.74, 6) is 0.904. The number of carbonyl (C=O) groups excluding carboxylic acids is 2. The van der Waals surface area contributed by atoms with Gasteiger partial charge in [-0.15, -0.1) is 0 Å². The zero-order valence-electron chi connectivity index (χ0n) is 10.5. The first-order chi connectivity index (χ1) is 8.17. The van der Waals surface area contributed by atoms with Crippen LogP contribution in [-0.2, 0) is 14.3 Å². The molecule has 0 saturated heterocycles. The fourth-order valence-corrected chi connectivity index (χ4v) is 2.52. The van der Waals surface area contributed by atoms with Crippen molar-refractivity contribution < 1.29 is 14.3 Å². The van der Waals surface area contributed by atoms with E-state index in [0.29, 0.717) is 6.42 Å². The van der Waals surface area contributed by atoms with Crippen LogP contribution < -0.4 is 5.32 Å². The minimum absolute atomic E-state index is 0.0272. The lowest BCUT2D eigenvalue weighted by Gasteiger charge is -2.27. The number of carbonyl (C=O) groups is 2. The van der Waals surface area contributed by atoms with Crippen LogP contribution in [0.4, 0.5) is 0 Å². The van der Waals surface area contributed by atoms with E-state index in [2.05, 4.69) is 5.32 Å². The van der Waals surface area contributed by atoms with Crippen molar-refractivity contribution >= 4 is 23.6 Å². The summed E-state index contributed by atoms with van der Waals surface area (Å²) >= 11 is 1.68. The summed E-state index contributed by atoms with van der Waals surface area (Å²) in [6.45, 7) is 0. The van der Waals surface area contributed by atoms with Crippen LogP contribution in [0.15, 0.2) is 0 Å². The van der Waals surface area contributed by atoms with Crippen molar-refractivity contribution in [1.29, 1.82) is 0 Å². The summed E-state index contributed by atoms with van der Waals surface area (Å²) in [4.78, 5) is 22.9. The van der Waals surface area contributed by atoms with E-state index in [1.807, 2.05) is 6.26 Å². The Balaban J connectivity index is 2.23. The first-order valence-corrected chi connectivity index (χ1v) is 7.43. The Hall–Kier alpha value is -0.710. The monoisotopic (exact) mass is 259 g/mol. The molecule has 0 unspecified atom stereocenters. The maximum Gasteiger partial charge on any atom is 0.308 e. The van der Waals surface area contributed by atoms with Crippen LogP contribution in [0.2, 0.25) is 0 Å². The lowest BCUT2D eigenvalue weighted by atomic mass is 9.86. The Kier molecular flexibility index (Phi) is 6.40. The van der Waals surface area contributed by atoms with Gasteiger partial charge in [-0.3, -0.25) is 9.59 Å². The Morgan fingerprint density at radius 1 is 1.29 bits per heavy atom. The zero-order valence-corrected chi connectivity index (χ0v) is 11.3. The fourth-order valence-electron chi connectivity index (χ4n) is 2.13. The highest BCUT2D eigenvalue weighted by Crippen LogP contribution is 2.25. The van der Waals surface area contributed by atoms with Crippen molar-refractivity contribution in [1.82, 2.24) is 5.32 Å². The molecule has 1 rings (SSSR count). The second kappa shape index (κ2) is 7.58. The highest BCUT2D eigenvalue weighted by Gasteiger charge is 2.27. The number of methoxy groups -OCH3 is 1. The molecule has 1 fully saturated rings. The summed E-state index contributed by atoms with van der Waals surface area (Å²) in [7, 11) is 1.43. The van der Waals surface area contributed by atoms with Crippen LogP contribution in [0.3, 0.4) is 0 Å². The number of hydrogen-bond donors (Lipinski definition) is 1. The van der Waals surface area contributed by atoms with Crippen molar-refractivity contribution in [2.45, 2.75) is 38.1 Å². The molecule has 17 heavy (non-hydrogen) atoms. The smallest absolute Gasteiger partial charge is 0.308 e. The fraction of sp³-hybridized carbons (Fsp3) is 0.833. The first-order valence-electron chi connectivity index (χ1n) is 6.03. The van der Waals surface area contributed by atoms with Gasteiger partial charge in [0.2, 0.25) is 5.91 Å². The second-order valence-corrected chi connectivity index (χ2v) is 5.37. The van der Waals surface area contributed by atoms with Crippen LogP contribution in [0.1, 0.15) is 32.1 Å². The van der Waals surface area contributed by atoms with Crippen LogP contribution in [0.5, 0.6) is 0 Å². The predicted molar refractivity (Wildman–Crippen MR) is 68.9 cm³/mol. The van der Waals surface area contributed by atoms with E-state index in [4.69, 9.17) is 4.74 Å². The van der Waals surface area contributed by atoms with Gasteiger partial charge in [0.1, 0.15) is 0 Å². The Bertz CT molecular complexity index is 262. The minimum Gasteiger partial charge on any atom is -0.469 e. The average Bonchev–Trinajstić information content (AvgIpc) is 2.36. The molecule has 1 saturated carbocycles. The third kappa shape index (κ3) is 4.98. The molecule has 0 aromatic rings. The summed E-state index contributed by atoms with van der Waals surface area (Å²) in [5.41, 5.74) is 0. The Morgan fingerprint density at radius 2 is 1.94 bits per heavy atom. The predicted octanol–water partition coefficient (Wildman–Crippen LogP) is 1.59. The SMILES string of the molecule is COC(=O)C1CCC(NC(=O)CCSC)CC1. The van der Waals surface area contributed by atoms with E-state index in [1.165, 1.54) is 7.11 Å². The van der Waals surface area contributed by atoms with Gasteiger partial charge in [0.15, 0.2) is 0 Å². The number of ether oxygens (including phenoxy) is 1. The number of thioether (sulfide) groups is 1. The molecule has 98 valence electrons. The van der Waals surface area contributed by atoms with Gasteiger partial charge in [0.25, 0.3) is 0 Å². The number of nitrogens with one attached hydrogen (secondary N) is 1. The van der Waals surface area contributed by atoms with Crippen molar-refractivity contribution in [2.75, 3.05) is 19.1 Å².